The predicted octanol–water partition coefficient (Wildman–Crippen LogP) is 0.0234. The number of rotatable bonds is 9. The topological polar surface area (TPSA) is 72.6 Å². The molecule has 0 saturated carbocycles. The number of sulfonamides is 1. The Morgan fingerprint density at radius 1 is 1.33 bits per heavy atom. The van der Waals surface area contributed by atoms with Crippen molar-refractivity contribution in [2.45, 2.75) is 19.8 Å². The molecule has 0 aromatic rings. The number of nitrogens with two attached hydrogens (primary N) is 1. The van der Waals surface area contributed by atoms with Crippen LogP contribution in [0.5, 0.6) is 0 Å². The van der Waals surface area contributed by atoms with Crippen molar-refractivity contribution in [1.29, 1.82) is 0 Å². The van der Waals surface area contributed by atoms with Gasteiger partial charge in [0.15, 0.2) is 0 Å². The highest BCUT2D eigenvalue weighted by Gasteiger charge is 2.19. The summed E-state index contributed by atoms with van der Waals surface area (Å²) in [6.07, 6.45) is 1.34. The highest BCUT2D eigenvalue weighted by atomic mass is 32.2. The van der Waals surface area contributed by atoms with Crippen LogP contribution in [-0.4, -0.2) is 51.8 Å². The lowest BCUT2D eigenvalue weighted by Crippen LogP contribution is -2.37. The lowest BCUT2D eigenvalue weighted by atomic mass is 10.5. The molecule has 92 valence electrons. The van der Waals surface area contributed by atoms with E-state index in [-0.39, 0.29) is 5.75 Å². The van der Waals surface area contributed by atoms with E-state index in [1.54, 1.807) is 7.11 Å². The Labute approximate surface area is 92.6 Å². The molecule has 0 spiro atoms. The molecule has 0 amide bonds. The van der Waals surface area contributed by atoms with Crippen LogP contribution in [0.1, 0.15) is 19.8 Å². The zero-order chi connectivity index (χ0) is 11.7. The van der Waals surface area contributed by atoms with E-state index in [4.69, 9.17) is 10.5 Å². The molecule has 0 aromatic carbocycles. The second-order valence-corrected chi connectivity index (χ2v) is 5.44. The Balaban J connectivity index is 4.22. The third-order valence-electron chi connectivity index (χ3n) is 2.00. The highest BCUT2D eigenvalue weighted by molar-refractivity contribution is 7.89. The van der Waals surface area contributed by atoms with Crippen LogP contribution in [-0.2, 0) is 14.8 Å². The first-order valence-corrected chi connectivity index (χ1v) is 6.86. The van der Waals surface area contributed by atoms with Crippen molar-refractivity contribution in [1.82, 2.24) is 4.31 Å². The van der Waals surface area contributed by atoms with Gasteiger partial charge in [-0.3, -0.25) is 0 Å². The minimum atomic E-state index is -3.15. The quantitative estimate of drug-likeness (QED) is 0.575. The molecule has 0 rings (SSSR count). The molecule has 0 aliphatic carbocycles. The van der Waals surface area contributed by atoms with Crippen LogP contribution in [0.15, 0.2) is 0 Å². The molecular formula is C9H22N2O3S. The van der Waals surface area contributed by atoms with E-state index in [1.165, 1.54) is 4.31 Å². The average Bonchev–Trinajstić information content (AvgIpc) is 2.18. The van der Waals surface area contributed by atoms with Gasteiger partial charge in [0.25, 0.3) is 0 Å². The van der Waals surface area contributed by atoms with Crippen molar-refractivity contribution in [3.05, 3.63) is 0 Å². The maximum Gasteiger partial charge on any atom is 0.214 e. The fourth-order valence-corrected chi connectivity index (χ4v) is 2.88. The number of ether oxygens (including phenoxy) is 1. The zero-order valence-electron chi connectivity index (χ0n) is 9.61. The molecule has 2 N–H and O–H groups in total. The standard InChI is InChI=1S/C9H22N2O3S/c1-3-6-11(7-5-10)15(12,13)9-4-8-14-2/h3-10H2,1-2H3. The maximum absolute atomic E-state index is 11.8. The molecule has 0 atom stereocenters. The van der Waals surface area contributed by atoms with Crippen molar-refractivity contribution < 1.29 is 13.2 Å². The molecule has 0 aliphatic rings. The number of methoxy groups -OCH3 is 1. The molecule has 0 radical (unpaired) electrons. The molecule has 6 heteroatoms. The Morgan fingerprint density at radius 3 is 2.47 bits per heavy atom. The minimum absolute atomic E-state index is 0.140. The van der Waals surface area contributed by atoms with Crippen LogP contribution in [0.25, 0.3) is 0 Å². The molecule has 0 heterocycles. The molecule has 0 saturated heterocycles. The molecule has 0 bridgehead atoms. The summed E-state index contributed by atoms with van der Waals surface area (Å²) in [5, 5.41) is 0. The Morgan fingerprint density at radius 2 is 2.00 bits per heavy atom. The Hall–Kier alpha value is -0.170. The highest BCUT2D eigenvalue weighted by Crippen LogP contribution is 2.04. The van der Waals surface area contributed by atoms with Crippen molar-refractivity contribution in [3.8, 4) is 0 Å². The number of hydrogen-bond donors (Lipinski definition) is 1. The van der Waals surface area contributed by atoms with Gasteiger partial charge in [0.2, 0.25) is 10.0 Å². The van der Waals surface area contributed by atoms with Crippen LogP contribution in [0.2, 0.25) is 0 Å². The Kier molecular flexibility index (Phi) is 7.95. The van der Waals surface area contributed by atoms with Crippen LogP contribution in [0, 0.1) is 0 Å². The smallest absolute Gasteiger partial charge is 0.214 e. The van der Waals surface area contributed by atoms with E-state index in [2.05, 4.69) is 0 Å². The summed E-state index contributed by atoms with van der Waals surface area (Å²) in [6.45, 7) is 3.75. The van der Waals surface area contributed by atoms with Gasteiger partial charge >= 0.3 is 0 Å². The molecule has 5 nitrogen and oxygen atoms in total. The summed E-state index contributed by atoms with van der Waals surface area (Å²) in [7, 11) is -1.58. The van der Waals surface area contributed by atoms with Crippen LogP contribution < -0.4 is 5.73 Å². The van der Waals surface area contributed by atoms with Gasteiger partial charge in [-0.15, -0.1) is 0 Å². The van der Waals surface area contributed by atoms with Crippen LogP contribution in [0.3, 0.4) is 0 Å². The van der Waals surface area contributed by atoms with Gasteiger partial charge in [-0.1, -0.05) is 6.92 Å². The van der Waals surface area contributed by atoms with E-state index in [0.717, 1.165) is 6.42 Å². The SMILES string of the molecule is CCCN(CCN)S(=O)(=O)CCCOC. The van der Waals surface area contributed by atoms with Crippen LogP contribution >= 0.6 is 0 Å². The monoisotopic (exact) mass is 238 g/mol. The summed E-state index contributed by atoms with van der Waals surface area (Å²) in [5.41, 5.74) is 5.38. The number of hydrogen-bond acceptors (Lipinski definition) is 4. The van der Waals surface area contributed by atoms with Crippen LogP contribution in [0.4, 0.5) is 0 Å². The maximum atomic E-state index is 11.8. The van der Waals surface area contributed by atoms with Gasteiger partial charge in [-0.2, -0.15) is 0 Å². The lowest BCUT2D eigenvalue weighted by molar-refractivity contribution is 0.199. The second-order valence-electron chi connectivity index (χ2n) is 3.35. The van der Waals surface area contributed by atoms with Crippen molar-refractivity contribution >= 4 is 10.0 Å². The van der Waals surface area contributed by atoms with Gasteiger partial charge in [-0.05, 0) is 12.8 Å². The third kappa shape index (κ3) is 6.09. The van der Waals surface area contributed by atoms with Gasteiger partial charge in [0, 0.05) is 33.4 Å². The first kappa shape index (κ1) is 14.8. The van der Waals surface area contributed by atoms with Crippen molar-refractivity contribution in [2.75, 3.05) is 39.1 Å². The molecule has 0 unspecified atom stereocenters. The molecule has 0 aliphatic heterocycles. The van der Waals surface area contributed by atoms with Crippen molar-refractivity contribution in [2.24, 2.45) is 5.73 Å². The summed E-state index contributed by atoms with van der Waals surface area (Å²) < 4.78 is 29.9. The summed E-state index contributed by atoms with van der Waals surface area (Å²) in [6, 6.07) is 0. The van der Waals surface area contributed by atoms with E-state index in [9.17, 15) is 8.42 Å². The van der Waals surface area contributed by atoms with E-state index in [0.29, 0.717) is 32.7 Å². The molecule has 0 fully saturated rings. The predicted molar refractivity (Wildman–Crippen MR) is 61.2 cm³/mol. The average molecular weight is 238 g/mol. The normalized spacial score (nSPS) is 12.3. The minimum Gasteiger partial charge on any atom is -0.385 e. The zero-order valence-corrected chi connectivity index (χ0v) is 10.4. The molecule has 0 aromatic heterocycles. The molecular weight excluding hydrogens is 216 g/mol. The van der Waals surface area contributed by atoms with E-state index < -0.39 is 10.0 Å². The van der Waals surface area contributed by atoms with Gasteiger partial charge < -0.3 is 10.5 Å². The van der Waals surface area contributed by atoms with Gasteiger partial charge in [0.1, 0.15) is 0 Å². The summed E-state index contributed by atoms with van der Waals surface area (Å²) >= 11 is 0. The molecule has 15 heavy (non-hydrogen) atoms. The fourth-order valence-electron chi connectivity index (χ4n) is 1.30. The second kappa shape index (κ2) is 8.04. The Bertz CT molecular complexity index is 236. The third-order valence-corrected chi connectivity index (χ3v) is 3.95. The van der Waals surface area contributed by atoms with E-state index in [1.807, 2.05) is 6.92 Å². The van der Waals surface area contributed by atoms with E-state index >= 15 is 0 Å². The fraction of sp³-hybridized carbons (Fsp3) is 1.00. The largest absolute Gasteiger partial charge is 0.385 e. The lowest BCUT2D eigenvalue weighted by Gasteiger charge is -2.20. The first-order valence-electron chi connectivity index (χ1n) is 5.25. The first-order chi connectivity index (χ1) is 7.08. The van der Waals surface area contributed by atoms with Gasteiger partial charge in [0.05, 0.1) is 5.75 Å². The number of nitrogens with zero attached hydrogens (tertiary/aromatic N) is 1. The summed E-state index contributed by atoms with van der Waals surface area (Å²) in [5.74, 6) is 0.140. The van der Waals surface area contributed by atoms with Gasteiger partial charge in [-0.25, -0.2) is 12.7 Å². The summed E-state index contributed by atoms with van der Waals surface area (Å²) in [4.78, 5) is 0. The van der Waals surface area contributed by atoms with Crippen molar-refractivity contribution in [3.63, 3.8) is 0 Å².